The minimum absolute atomic E-state index is 0.0221. The number of nitro benzene ring substituents is 1. The quantitative estimate of drug-likeness (QED) is 0.204. The van der Waals surface area contributed by atoms with Crippen LogP contribution in [0.5, 0.6) is 5.75 Å². The topological polar surface area (TPSA) is 77.6 Å². The van der Waals surface area contributed by atoms with E-state index in [1.165, 1.54) is 35.6 Å². The van der Waals surface area contributed by atoms with Gasteiger partial charge in [-0.3, -0.25) is 10.1 Å². The van der Waals surface area contributed by atoms with E-state index >= 15 is 0 Å². The second-order valence-corrected chi connectivity index (χ2v) is 7.49. The van der Waals surface area contributed by atoms with Crippen molar-refractivity contribution < 1.29 is 14.1 Å². The van der Waals surface area contributed by atoms with Gasteiger partial charge in [0.2, 0.25) is 5.13 Å². The van der Waals surface area contributed by atoms with Gasteiger partial charge in [-0.25, -0.2) is 14.4 Å². The SMILES string of the molecule is COc1ccc(-c2nc(N=Cc3ccc(F)cc3)sc2-c2ccc([N+](=O)[O-])cc2)cc1. The van der Waals surface area contributed by atoms with Crippen molar-refractivity contribution in [3.8, 4) is 27.4 Å². The Bertz CT molecular complexity index is 1230. The first-order valence-corrected chi connectivity index (χ1v) is 10.0. The van der Waals surface area contributed by atoms with Crippen LogP contribution in [0.3, 0.4) is 0 Å². The molecule has 0 atom stereocenters. The van der Waals surface area contributed by atoms with Crippen molar-refractivity contribution in [2.45, 2.75) is 0 Å². The van der Waals surface area contributed by atoms with Crippen molar-refractivity contribution in [1.29, 1.82) is 0 Å². The predicted molar refractivity (Wildman–Crippen MR) is 120 cm³/mol. The predicted octanol–water partition coefficient (Wildman–Crippen LogP) is 6.28. The van der Waals surface area contributed by atoms with Gasteiger partial charge in [0, 0.05) is 23.9 Å². The summed E-state index contributed by atoms with van der Waals surface area (Å²) in [6.45, 7) is 0. The molecule has 0 aliphatic carbocycles. The maximum Gasteiger partial charge on any atom is 0.269 e. The van der Waals surface area contributed by atoms with Crippen LogP contribution in [0.15, 0.2) is 77.8 Å². The molecule has 0 radical (unpaired) electrons. The zero-order valence-electron chi connectivity index (χ0n) is 16.4. The molecule has 3 aromatic carbocycles. The summed E-state index contributed by atoms with van der Waals surface area (Å²) in [4.78, 5) is 20.5. The van der Waals surface area contributed by atoms with Crippen LogP contribution in [0.1, 0.15) is 5.56 Å². The average Bonchev–Trinajstić information content (AvgIpc) is 3.23. The zero-order chi connectivity index (χ0) is 21.8. The van der Waals surface area contributed by atoms with E-state index in [9.17, 15) is 14.5 Å². The summed E-state index contributed by atoms with van der Waals surface area (Å²) >= 11 is 1.37. The smallest absolute Gasteiger partial charge is 0.269 e. The van der Waals surface area contributed by atoms with E-state index in [2.05, 4.69) is 9.98 Å². The van der Waals surface area contributed by atoms with Crippen LogP contribution in [-0.4, -0.2) is 23.2 Å². The molecular formula is C23H16FN3O3S. The molecule has 6 nitrogen and oxygen atoms in total. The van der Waals surface area contributed by atoms with Crippen molar-refractivity contribution >= 4 is 28.4 Å². The van der Waals surface area contributed by atoms with Crippen LogP contribution >= 0.6 is 11.3 Å². The van der Waals surface area contributed by atoms with Gasteiger partial charge in [-0.05, 0) is 59.7 Å². The van der Waals surface area contributed by atoms with E-state index in [-0.39, 0.29) is 11.5 Å². The molecule has 0 spiro atoms. The Morgan fingerprint density at radius 1 is 1.00 bits per heavy atom. The van der Waals surface area contributed by atoms with Crippen molar-refractivity contribution in [3.63, 3.8) is 0 Å². The summed E-state index contributed by atoms with van der Waals surface area (Å²) in [6, 6.07) is 19.8. The summed E-state index contributed by atoms with van der Waals surface area (Å²) in [7, 11) is 1.60. The maximum atomic E-state index is 13.1. The lowest BCUT2D eigenvalue weighted by atomic mass is 10.1. The lowest BCUT2D eigenvalue weighted by Crippen LogP contribution is -1.88. The van der Waals surface area contributed by atoms with Crippen LogP contribution < -0.4 is 4.74 Å². The number of non-ortho nitro benzene ring substituents is 1. The number of hydrogen-bond donors (Lipinski definition) is 0. The Balaban J connectivity index is 1.75. The molecule has 154 valence electrons. The number of aromatic nitrogens is 1. The highest BCUT2D eigenvalue weighted by atomic mass is 32.1. The largest absolute Gasteiger partial charge is 0.497 e. The Kier molecular flexibility index (Phi) is 5.81. The molecular weight excluding hydrogens is 417 g/mol. The number of ether oxygens (including phenoxy) is 1. The Morgan fingerprint density at radius 2 is 1.65 bits per heavy atom. The lowest BCUT2D eigenvalue weighted by molar-refractivity contribution is -0.384. The van der Waals surface area contributed by atoms with Crippen molar-refractivity contribution in [2.75, 3.05) is 7.11 Å². The number of rotatable bonds is 6. The van der Waals surface area contributed by atoms with Gasteiger partial charge < -0.3 is 4.74 Å². The minimum Gasteiger partial charge on any atom is -0.497 e. The molecule has 31 heavy (non-hydrogen) atoms. The van der Waals surface area contributed by atoms with E-state index in [4.69, 9.17) is 4.74 Å². The van der Waals surface area contributed by atoms with Crippen molar-refractivity contribution in [3.05, 3.63) is 94.3 Å². The van der Waals surface area contributed by atoms with Crippen LogP contribution in [0.25, 0.3) is 21.7 Å². The summed E-state index contributed by atoms with van der Waals surface area (Å²) in [5, 5.41) is 11.5. The summed E-state index contributed by atoms with van der Waals surface area (Å²) in [6.07, 6.45) is 1.62. The van der Waals surface area contributed by atoms with Gasteiger partial charge >= 0.3 is 0 Å². The number of nitro groups is 1. The van der Waals surface area contributed by atoms with E-state index in [1.807, 2.05) is 24.3 Å². The molecule has 0 bridgehead atoms. The zero-order valence-corrected chi connectivity index (χ0v) is 17.2. The van der Waals surface area contributed by atoms with E-state index in [0.717, 1.165) is 27.3 Å². The number of methoxy groups -OCH3 is 1. The third kappa shape index (κ3) is 4.65. The molecule has 0 aliphatic heterocycles. The highest BCUT2D eigenvalue weighted by Crippen LogP contribution is 2.40. The molecule has 0 saturated carbocycles. The first kappa shape index (κ1) is 20.4. The minimum atomic E-state index is -0.431. The van der Waals surface area contributed by atoms with Gasteiger partial charge in [-0.15, -0.1) is 0 Å². The van der Waals surface area contributed by atoms with E-state index in [1.54, 1.807) is 37.6 Å². The molecule has 0 fully saturated rings. The number of aliphatic imine (C=N–C) groups is 1. The average molecular weight is 433 g/mol. The van der Waals surface area contributed by atoms with Gasteiger partial charge in [0.15, 0.2) is 0 Å². The number of thiazole rings is 1. The highest BCUT2D eigenvalue weighted by molar-refractivity contribution is 7.19. The number of benzene rings is 3. The van der Waals surface area contributed by atoms with Crippen molar-refractivity contribution in [2.24, 2.45) is 4.99 Å². The summed E-state index contributed by atoms with van der Waals surface area (Å²) in [5.74, 6) is 0.416. The maximum absolute atomic E-state index is 13.1. The fraction of sp³-hybridized carbons (Fsp3) is 0.0435. The molecule has 0 N–H and O–H groups in total. The molecule has 4 rings (SSSR count). The normalized spacial score (nSPS) is 11.0. The second-order valence-electron chi connectivity index (χ2n) is 6.52. The lowest BCUT2D eigenvalue weighted by Gasteiger charge is -2.04. The Labute approximate surface area is 181 Å². The third-order valence-corrected chi connectivity index (χ3v) is 5.53. The molecule has 0 aliphatic rings. The van der Waals surface area contributed by atoms with E-state index in [0.29, 0.717) is 10.8 Å². The van der Waals surface area contributed by atoms with Gasteiger partial charge in [0.05, 0.1) is 22.6 Å². The fourth-order valence-corrected chi connectivity index (χ4v) is 3.86. The van der Waals surface area contributed by atoms with Crippen LogP contribution in [0, 0.1) is 15.9 Å². The number of nitrogens with zero attached hydrogens (tertiary/aromatic N) is 3. The first-order chi connectivity index (χ1) is 15.0. The second kappa shape index (κ2) is 8.85. The van der Waals surface area contributed by atoms with Gasteiger partial charge in [-0.1, -0.05) is 23.5 Å². The highest BCUT2D eigenvalue weighted by Gasteiger charge is 2.16. The molecule has 0 amide bonds. The fourth-order valence-electron chi connectivity index (χ4n) is 2.92. The number of hydrogen-bond acceptors (Lipinski definition) is 6. The van der Waals surface area contributed by atoms with Gasteiger partial charge in [0.1, 0.15) is 11.6 Å². The monoisotopic (exact) mass is 433 g/mol. The third-order valence-electron chi connectivity index (χ3n) is 4.51. The molecule has 4 aromatic rings. The van der Waals surface area contributed by atoms with Crippen LogP contribution in [0.2, 0.25) is 0 Å². The molecule has 1 heterocycles. The standard InChI is InChI=1S/C23H16FN3O3S/c1-30-20-12-6-16(7-13-20)21-22(17-4-10-19(11-5-17)27(28)29)31-23(26-21)25-14-15-2-8-18(24)9-3-15/h2-14H,1H3. The van der Waals surface area contributed by atoms with Crippen LogP contribution in [-0.2, 0) is 0 Å². The summed E-state index contributed by atoms with van der Waals surface area (Å²) < 4.78 is 18.3. The molecule has 0 saturated heterocycles. The summed E-state index contributed by atoms with van der Waals surface area (Å²) in [5.41, 5.74) is 3.16. The Morgan fingerprint density at radius 3 is 2.26 bits per heavy atom. The van der Waals surface area contributed by atoms with Crippen LogP contribution in [0.4, 0.5) is 15.2 Å². The molecule has 0 unspecified atom stereocenters. The van der Waals surface area contributed by atoms with E-state index < -0.39 is 4.92 Å². The van der Waals surface area contributed by atoms with Crippen molar-refractivity contribution in [1.82, 2.24) is 4.98 Å². The molecule has 1 aromatic heterocycles. The number of halogens is 1. The first-order valence-electron chi connectivity index (χ1n) is 9.23. The Hall–Kier alpha value is -3.91. The van der Waals surface area contributed by atoms with Gasteiger partial charge in [-0.2, -0.15) is 0 Å². The van der Waals surface area contributed by atoms with Gasteiger partial charge in [0.25, 0.3) is 5.69 Å². The molecule has 8 heteroatoms.